The van der Waals surface area contributed by atoms with Gasteiger partial charge in [-0.05, 0) is 35.9 Å². The Labute approximate surface area is 169 Å². The van der Waals surface area contributed by atoms with Crippen molar-refractivity contribution < 1.29 is 38.3 Å². The van der Waals surface area contributed by atoms with Gasteiger partial charge in [-0.2, -0.15) is 0 Å². The fourth-order valence-corrected chi connectivity index (χ4v) is 2.31. The molecule has 0 saturated heterocycles. The second-order valence-electron chi connectivity index (χ2n) is 5.77. The maximum absolute atomic E-state index is 12.5. The number of ether oxygens (including phenoxy) is 6. The van der Waals surface area contributed by atoms with Gasteiger partial charge in [0.15, 0.2) is 26.2 Å². The van der Waals surface area contributed by atoms with E-state index in [4.69, 9.17) is 28.4 Å². The molecule has 0 fully saturated rings. The topological polar surface area (TPSA) is 92.7 Å². The van der Waals surface area contributed by atoms with Crippen molar-refractivity contribution in [1.82, 2.24) is 0 Å². The summed E-state index contributed by atoms with van der Waals surface area (Å²) in [7, 11) is 4.52. The standard InChI is InChI=1S/C21H24O8/c1-24-12-27-16-5-6-19(21(23)11-16)20(22)7-4-15-8-17(28-13-25-2)10-18(9-15)29-14-26-3/h4-11,23H,12-14H2,1-3H3/b7-4+. The van der Waals surface area contributed by atoms with Gasteiger partial charge in [0, 0.05) is 33.5 Å². The van der Waals surface area contributed by atoms with Gasteiger partial charge in [-0.15, -0.1) is 0 Å². The molecule has 8 nitrogen and oxygen atoms in total. The van der Waals surface area contributed by atoms with Crippen LogP contribution in [0.2, 0.25) is 0 Å². The molecule has 1 N–H and O–H groups in total. The van der Waals surface area contributed by atoms with Crippen LogP contribution in [-0.2, 0) is 14.2 Å². The molecule has 2 aromatic carbocycles. The van der Waals surface area contributed by atoms with E-state index in [9.17, 15) is 9.90 Å². The molecule has 0 aliphatic rings. The van der Waals surface area contributed by atoms with E-state index in [2.05, 4.69) is 0 Å². The zero-order chi connectivity index (χ0) is 21.1. The third-order valence-corrected chi connectivity index (χ3v) is 3.59. The van der Waals surface area contributed by atoms with Gasteiger partial charge in [0.05, 0.1) is 5.56 Å². The van der Waals surface area contributed by atoms with E-state index in [1.165, 1.54) is 39.5 Å². The second-order valence-corrected chi connectivity index (χ2v) is 5.77. The highest BCUT2D eigenvalue weighted by molar-refractivity contribution is 6.08. The molecule has 0 aromatic heterocycles. The zero-order valence-corrected chi connectivity index (χ0v) is 16.5. The third-order valence-electron chi connectivity index (χ3n) is 3.59. The SMILES string of the molecule is COCOc1cc(/C=C/C(=O)c2ccc(OCOC)cc2O)cc(OCOC)c1. The van der Waals surface area contributed by atoms with Crippen LogP contribution < -0.4 is 14.2 Å². The number of phenols is 1. The van der Waals surface area contributed by atoms with Gasteiger partial charge >= 0.3 is 0 Å². The fraction of sp³-hybridized carbons (Fsp3) is 0.286. The van der Waals surface area contributed by atoms with Crippen molar-refractivity contribution in [2.24, 2.45) is 0 Å². The minimum absolute atomic E-state index is 0.0432. The number of phenolic OH excluding ortho intramolecular Hbond substituents is 1. The van der Waals surface area contributed by atoms with Crippen LogP contribution in [0, 0.1) is 0 Å². The highest BCUT2D eigenvalue weighted by atomic mass is 16.7. The van der Waals surface area contributed by atoms with E-state index in [-0.39, 0.29) is 37.5 Å². The molecule has 8 heteroatoms. The molecule has 2 rings (SSSR count). The zero-order valence-electron chi connectivity index (χ0n) is 16.5. The van der Waals surface area contributed by atoms with Crippen LogP contribution in [0.25, 0.3) is 6.08 Å². The van der Waals surface area contributed by atoms with E-state index in [1.807, 2.05) is 0 Å². The maximum Gasteiger partial charge on any atom is 0.189 e. The van der Waals surface area contributed by atoms with E-state index < -0.39 is 0 Å². The lowest BCUT2D eigenvalue weighted by molar-refractivity contribution is 0.0460. The highest BCUT2D eigenvalue weighted by Gasteiger charge is 2.10. The Morgan fingerprint density at radius 2 is 1.38 bits per heavy atom. The molecule has 0 radical (unpaired) electrons. The first-order valence-electron chi connectivity index (χ1n) is 8.63. The predicted molar refractivity (Wildman–Crippen MR) is 105 cm³/mol. The summed E-state index contributed by atoms with van der Waals surface area (Å²) in [5.74, 6) is 0.857. The molecule has 0 spiro atoms. The number of hydrogen-bond acceptors (Lipinski definition) is 8. The molecule has 156 valence electrons. The number of methoxy groups -OCH3 is 3. The molecule has 0 aliphatic heterocycles. The molecule has 0 amide bonds. The first-order valence-corrected chi connectivity index (χ1v) is 8.63. The van der Waals surface area contributed by atoms with Crippen molar-refractivity contribution in [3.8, 4) is 23.0 Å². The summed E-state index contributed by atoms with van der Waals surface area (Å²) in [6, 6.07) is 9.56. The van der Waals surface area contributed by atoms with Crippen LogP contribution in [0.4, 0.5) is 0 Å². The van der Waals surface area contributed by atoms with Crippen LogP contribution in [0.15, 0.2) is 42.5 Å². The molecule has 0 saturated carbocycles. The monoisotopic (exact) mass is 404 g/mol. The molecule has 0 unspecified atom stereocenters. The van der Waals surface area contributed by atoms with Gasteiger partial charge in [0.2, 0.25) is 0 Å². The summed E-state index contributed by atoms with van der Waals surface area (Å²) in [6.07, 6.45) is 2.94. The number of allylic oxidation sites excluding steroid dienone is 1. The largest absolute Gasteiger partial charge is 0.507 e. The Morgan fingerprint density at radius 1 is 0.828 bits per heavy atom. The van der Waals surface area contributed by atoms with E-state index in [0.29, 0.717) is 22.8 Å². The first-order chi connectivity index (χ1) is 14.1. The molecule has 2 aromatic rings. The number of benzene rings is 2. The first kappa shape index (κ1) is 22.2. The van der Waals surface area contributed by atoms with E-state index in [1.54, 1.807) is 30.3 Å². The van der Waals surface area contributed by atoms with Gasteiger partial charge in [0.25, 0.3) is 0 Å². The predicted octanol–water partition coefficient (Wildman–Crippen LogP) is 3.24. The van der Waals surface area contributed by atoms with Crippen LogP contribution in [0.1, 0.15) is 15.9 Å². The minimum Gasteiger partial charge on any atom is -0.507 e. The van der Waals surface area contributed by atoms with Crippen LogP contribution in [-0.4, -0.2) is 52.6 Å². The van der Waals surface area contributed by atoms with Crippen molar-refractivity contribution in [3.05, 3.63) is 53.6 Å². The van der Waals surface area contributed by atoms with Gasteiger partial charge in [-0.1, -0.05) is 6.08 Å². The van der Waals surface area contributed by atoms with Crippen molar-refractivity contribution in [1.29, 1.82) is 0 Å². The van der Waals surface area contributed by atoms with Gasteiger partial charge < -0.3 is 33.5 Å². The number of hydrogen-bond donors (Lipinski definition) is 1. The number of carbonyl (C=O) groups is 1. The average Bonchev–Trinajstić information content (AvgIpc) is 2.73. The van der Waals surface area contributed by atoms with E-state index >= 15 is 0 Å². The normalized spacial score (nSPS) is 10.9. The van der Waals surface area contributed by atoms with Crippen LogP contribution in [0.3, 0.4) is 0 Å². The average molecular weight is 404 g/mol. The Morgan fingerprint density at radius 3 is 1.90 bits per heavy atom. The Balaban J connectivity index is 2.17. The van der Waals surface area contributed by atoms with Crippen molar-refractivity contribution in [3.63, 3.8) is 0 Å². The molecular weight excluding hydrogens is 380 g/mol. The second kappa shape index (κ2) is 11.7. The van der Waals surface area contributed by atoms with E-state index in [0.717, 1.165) is 0 Å². The lowest BCUT2D eigenvalue weighted by Gasteiger charge is -2.10. The molecule has 29 heavy (non-hydrogen) atoms. The summed E-state index contributed by atoms with van der Waals surface area (Å²) in [6.45, 7) is 0.184. The maximum atomic E-state index is 12.5. The molecule has 0 bridgehead atoms. The Kier molecular flexibility index (Phi) is 8.97. The number of aromatic hydroxyl groups is 1. The van der Waals surface area contributed by atoms with Crippen LogP contribution >= 0.6 is 0 Å². The lowest BCUT2D eigenvalue weighted by Crippen LogP contribution is -2.02. The summed E-state index contributed by atoms with van der Waals surface area (Å²) < 4.78 is 30.7. The van der Waals surface area contributed by atoms with Crippen LogP contribution in [0.5, 0.6) is 23.0 Å². The fourth-order valence-electron chi connectivity index (χ4n) is 2.31. The van der Waals surface area contributed by atoms with Gasteiger partial charge in [-0.3, -0.25) is 4.79 Å². The summed E-state index contributed by atoms with van der Waals surface area (Å²) in [5, 5.41) is 10.1. The summed E-state index contributed by atoms with van der Waals surface area (Å²) in [4.78, 5) is 12.5. The molecule has 0 atom stereocenters. The Bertz CT molecular complexity index is 805. The minimum atomic E-state index is -0.372. The molecular formula is C21H24O8. The van der Waals surface area contributed by atoms with Gasteiger partial charge in [-0.25, -0.2) is 0 Å². The molecule has 0 aliphatic carbocycles. The van der Waals surface area contributed by atoms with Gasteiger partial charge in [0.1, 0.15) is 23.0 Å². The quantitative estimate of drug-likeness (QED) is 0.327. The van der Waals surface area contributed by atoms with Crippen molar-refractivity contribution >= 4 is 11.9 Å². The highest BCUT2D eigenvalue weighted by Crippen LogP contribution is 2.26. The lowest BCUT2D eigenvalue weighted by atomic mass is 10.1. The number of ketones is 1. The van der Waals surface area contributed by atoms with Crippen molar-refractivity contribution in [2.45, 2.75) is 0 Å². The smallest absolute Gasteiger partial charge is 0.189 e. The van der Waals surface area contributed by atoms with Crippen molar-refractivity contribution in [2.75, 3.05) is 41.7 Å². The number of rotatable bonds is 12. The number of carbonyl (C=O) groups excluding carboxylic acids is 1. The Hall–Kier alpha value is -3.07. The molecule has 0 heterocycles. The summed E-state index contributed by atoms with van der Waals surface area (Å²) in [5.41, 5.74) is 0.811. The summed E-state index contributed by atoms with van der Waals surface area (Å²) >= 11 is 0. The third kappa shape index (κ3) is 7.11.